The van der Waals surface area contributed by atoms with Crippen molar-refractivity contribution in [3.05, 3.63) is 75.5 Å². The lowest BCUT2D eigenvalue weighted by Gasteiger charge is -2.11. The van der Waals surface area contributed by atoms with E-state index in [1.54, 1.807) is 25.1 Å². The maximum Gasteiger partial charge on any atom is 0.269 e. The smallest absolute Gasteiger partial charge is 0.269 e. The number of carbonyl (C=O) groups is 1. The van der Waals surface area contributed by atoms with Crippen molar-refractivity contribution in [2.75, 3.05) is 20.3 Å². The maximum atomic E-state index is 13.2. The van der Waals surface area contributed by atoms with E-state index in [0.717, 1.165) is 11.6 Å². The van der Waals surface area contributed by atoms with Crippen molar-refractivity contribution in [2.24, 2.45) is 0 Å². The first-order valence-electron chi connectivity index (χ1n) is 9.29. The van der Waals surface area contributed by atoms with Crippen LogP contribution in [0.15, 0.2) is 53.0 Å². The summed E-state index contributed by atoms with van der Waals surface area (Å²) in [5.41, 5.74) is 0.155. The summed E-state index contributed by atoms with van der Waals surface area (Å²) in [6.07, 6.45) is 2.66. The average molecular weight is 422 g/mol. The molecule has 0 fully saturated rings. The first kappa shape index (κ1) is 21.7. The number of nitrogens with zero attached hydrogens (tertiary/aromatic N) is 3. The summed E-state index contributed by atoms with van der Waals surface area (Å²) in [5.74, 6) is -0.984. The molecular formula is C22H19FN4O4. The molecule has 0 atom stereocenters. The number of aryl methyl sites for hydroxylation is 1. The number of nitriles is 1. The normalized spacial score (nSPS) is 11.2. The molecule has 0 aliphatic rings. The van der Waals surface area contributed by atoms with Crippen LogP contribution in [-0.2, 0) is 9.53 Å². The molecule has 1 N–H and O–H groups in total. The van der Waals surface area contributed by atoms with Gasteiger partial charge in [0.05, 0.1) is 6.61 Å². The van der Waals surface area contributed by atoms with Gasteiger partial charge in [0.2, 0.25) is 5.88 Å². The van der Waals surface area contributed by atoms with Crippen molar-refractivity contribution in [2.45, 2.75) is 6.92 Å². The molecule has 0 unspecified atom stereocenters. The predicted molar refractivity (Wildman–Crippen MR) is 111 cm³/mol. The third-order valence-electron chi connectivity index (χ3n) is 4.32. The van der Waals surface area contributed by atoms with Crippen LogP contribution in [0.5, 0.6) is 11.6 Å². The predicted octanol–water partition coefficient (Wildman–Crippen LogP) is 2.60. The molecule has 2 heterocycles. The molecule has 0 aliphatic carbocycles. The van der Waals surface area contributed by atoms with Crippen LogP contribution in [0.1, 0.15) is 11.1 Å². The monoisotopic (exact) mass is 422 g/mol. The Balaban J connectivity index is 2.14. The van der Waals surface area contributed by atoms with Crippen molar-refractivity contribution < 1.29 is 18.7 Å². The minimum absolute atomic E-state index is 0.0918. The number of pyridine rings is 1. The minimum atomic E-state index is -0.666. The van der Waals surface area contributed by atoms with Gasteiger partial charge in [-0.25, -0.2) is 4.39 Å². The molecule has 31 heavy (non-hydrogen) atoms. The van der Waals surface area contributed by atoms with Crippen LogP contribution in [0.3, 0.4) is 0 Å². The van der Waals surface area contributed by atoms with Crippen LogP contribution >= 0.6 is 0 Å². The molecule has 1 amide bonds. The third kappa shape index (κ3) is 4.94. The van der Waals surface area contributed by atoms with Gasteiger partial charge in [0, 0.05) is 19.9 Å². The SMILES string of the molecule is COCCNC(=O)/C(C#N)=C/c1c(Oc2ccc(F)cc2)nc2c(C)cccn2c1=O. The van der Waals surface area contributed by atoms with Crippen molar-refractivity contribution in [1.82, 2.24) is 14.7 Å². The van der Waals surface area contributed by atoms with Crippen molar-refractivity contribution in [3.63, 3.8) is 0 Å². The van der Waals surface area contributed by atoms with Gasteiger partial charge in [0.15, 0.2) is 0 Å². The zero-order valence-corrected chi connectivity index (χ0v) is 16.9. The number of halogens is 1. The Morgan fingerprint density at radius 2 is 2.06 bits per heavy atom. The molecule has 0 aliphatic heterocycles. The fourth-order valence-corrected chi connectivity index (χ4v) is 2.76. The van der Waals surface area contributed by atoms with Gasteiger partial charge in [-0.3, -0.25) is 14.0 Å². The lowest BCUT2D eigenvalue weighted by atomic mass is 10.1. The Labute approximate surface area is 177 Å². The van der Waals surface area contributed by atoms with E-state index in [1.807, 2.05) is 0 Å². The number of carbonyl (C=O) groups excluding carboxylic acids is 1. The highest BCUT2D eigenvalue weighted by molar-refractivity contribution is 6.01. The van der Waals surface area contributed by atoms with Crippen LogP contribution in [0.25, 0.3) is 11.7 Å². The molecule has 0 spiro atoms. The molecule has 3 aromatic rings. The summed E-state index contributed by atoms with van der Waals surface area (Å²) in [5, 5.41) is 12.0. The molecule has 2 aromatic heterocycles. The zero-order chi connectivity index (χ0) is 22.4. The molecule has 0 saturated heterocycles. The number of fused-ring (bicyclic) bond motifs is 1. The second kappa shape index (κ2) is 9.65. The summed E-state index contributed by atoms with van der Waals surface area (Å²) in [6.45, 7) is 2.24. The van der Waals surface area contributed by atoms with Crippen LogP contribution in [0, 0.1) is 24.1 Å². The van der Waals surface area contributed by atoms with Gasteiger partial charge < -0.3 is 14.8 Å². The second-order valence-corrected chi connectivity index (χ2v) is 6.50. The van der Waals surface area contributed by atoms with Crippen LogP contribution in [-0.4, -0.2) is 35.6 Å². The largest absolute Gasteiger partial charge is 0.438 e. The third-order valence-corrected chi connectivity index (χ3v) is 4.32. The van der Waals surface area contributed by atoms with Gasteiger partial charge in [-0.1, -0.05) is 6.07 Å². The molecule has 9 heteroatoms. The highest BCUT2D eigenvalue weighted by Crippen LogP contribution is 2.25. The van der Waals surface area contributed by atoms with Crippen molar-refractivity contribution in [3.8, 4) is 17.7 Å². The Kier molecular flexibility index (Phi) is 6.74. The highest BCUT2D eigenvalue weighted by atomic mass is 19.1. The number of hydrogen-bond donors (Lipinski definition) is 1. The lowest BCUT2D eigenvalue weighted by Crippen LogP contribution is -2.28. The number of aromatic nitrogens is 2. The van der Waals surface area contributed by atoms with Crippen molar-refractivity contribution >= 4 is 17.6 Å². The standard InChI is InChI=1S/C22H19FN4O4/c1-14-4-3-10-27-19(14)26-21(31-17-7-5-16(23)6-8-17)18(22(27)29)12-15(13-24)20(28)25-9-11-30-2/h3-8,10,12H,9,11H2,1-2H3,(H,25,28)/b15-12+. The summed E-state index contributed by atoms with van der Waals surface area (Å²) in [4.78, 5) is 29.9. The van der Waals surface area contributed by atoms with Crippen LogP contribution in [0.2, 0.25) is 0 Å². The molecule has 0 saturated carbocycles. The number of nitrogens with one attached hydrogen (secondary N) is 1. The molecule has 8 nitrogen and oxygen atoms in total. The highest BCUT2D eigenvalue weighted by Gasteiger charge is 2.18. The molecule has 3 rings (SSSR count). The van der Waals surface area contributed by atoms with E-state index < -0.39 is 17.3 Å². The number of methoxy groups -OCH3 is 1. The van der Waals surface area contributed by atoms with E-state index in [9.17, 15) is 19.2 Å². The van der Waals surface area contributed by atoms with E-state index in [1.165, 1.54) is 42.0 Å². The Morgan fingerprint density at radius 3 is 2.74 bits per heavy atom. The van der Waals surface area contributed by atoms with E-state index in [-0.39, 0.29) is 35.9 Å². The minimum Gasteiger partial charge on any atom is -0.438 e. The average Bonchev–Trinajstić information content (AvgIpc) is 2.76. The summed E-state index contributed by atoms with van der Waals surface area (Å²) in [6, 6.07) is 10.4. The Morgan fingerprint density at radius 1 is 1.32 bits per heavy atom. The van der Waals surface area contributed by atoms with Crippen molar-refractivity contribution in [1.29, 1.82) is 5.26 Å². The molecular weight excluding hydrogens is 403 g/mol. The first-order valence-corrected chi connectivity index (χ1v) is 9.29. The quantitative estimate of drug-likeness (QED) is 0.356. The fourth-order valence-electron chi connectivity index (χ4n) is 2.76. The van der Waals surface area contributed by atoms with Crippen LogP contribution in [0.4, 0.5) is 4.39 Å². The summed E-state index contributed by atoms with van der Waals surface area (Å²) < 4.78 is 25.1. The number of benzene rings is 1. The molecule has 158 valence electrons. The van der Waals surface area contributed by atoms with Crippen LogP contribution < -0.4 is 15.6 Å². The van der Waals surface area contributed by atoms with E-state index >= 15 is 0 Å². The summed E-state index contributed by atoms with van der Waals surface area (Å²) in [7, 11) is 1.48. The van der Waals surface area contributed by atoms with Gasteiger partial charge in [0.1, 0.15) is 34.4 Å². The van der Waals surface area contributed by atoms with Gasteiger partial charge in [-0.2, -0.15) is 10.2 Å². The maximum absolute atomic E-state index is 13.2. The molecule has 0 radical (unpaired) electrons. The first-order chi connectivity index (χ1) is 14.9. The number of ether oxygens (including phenoxy) is 2. The van der Waals surface area contributed by atoms with Gasteiger partial charge >= 0.3 is 0 Å². The van der Waals surface area contributed by atoms with E-state index in [0.29, 0.717) is 5.65 Å². The van der Waals surface area contributed by atoms with Gasteiger partial charge in [0.25, 0.3) is 11.5 Å². The topological polar surface area (TPSA) is 106 Å². The number of amides is 1. The fraction of sp³-hybridized carbons (Fsp3) is 0.182. The molecule has 1 aromatic carbocycles. The number of rotatable bonds is 7. The molecule has 0 bridgehead atoms. The van der Waals surface area contributed by atoms with Gasteiger partial charge in [-0.15, -0.1) is 0 Å². The second-order valence-electron chi connectivity index (χ2n) is 6.50. The Hall–Kier alpha value is -4.03. The lowest BCUT2D eigenvalue weighted by molar-refractivity contribution is -0.117. The van der Waals surface area contributed by atoms with E-state index in [4.69, 9.17) is 9.47 Å². The van der Waals surface area contributed by atoms with Gasteiger partial charge in [-0.05, 0) is 48.9 Å². The summed E-state index contributed by atoms with van der Waals surface area (Å²) >= 11 is 0. The van der Waals surface area contributed by atoms with E-state index in [2.05, 4.69) is 10.3 Å². The zero-order valence-electron chi connectivity index (χ0n) is 16.9. The Bertz CT molecular complexity index is 1240. The number of hydrogen-bond acceptors (Lipinski definition) is 6.